The van der Waals surface area contributed by atoms with E-state index < -0.39 is 24.1 Å². The van der Waals surface area contributed by atoms with E-state index in [4.69, 9.17) is 21.1 Å². The third kappa shape index (κ3) is 2.71. The molecule has 0 aromatic heterocycles. The summed E-state index contributed by atoms with van der Waals surface area (Å²) >= 11 is 0. The molecule has 0 spiro atoms. The maximum absolute atomic E-state index is 10.6. The van der Waals surface area contributed by atoms with E-state index in [9.17, 15) is 14.7 Å². The average Bonchev–Trinajstić information content (AvgIpc) is 2.26. The van der Waals surface area contributed by atoms with Gasteiger partial charge >= 0.3 is 11.9 Å². The van der Waals surface area contributed by atoms with Gasteiger partial charge in [-0.25, -0.2) is 9.59 Å². The Labute approximate surface area is 95.7 Å². The van der Waals surface area contributed by atoms with Crippen LogP contribution in [0.5, 0.6) is 0 Å². The molecule has 17 heavy (non-hydrogen) atoms. The number of aliphatic hydroxyl groups is 2. The Morgan fingerprint density at radius 3 is 2.18 bits per heavy atom. The Bertz CT molecular complexity index is 458. The number of anilines is 1. The Kier molecular flexibility index (Phi) is 3.66. The number of nitrogen functional groups attached to an aromatic ring is 1. The third-order valence-electron chi connectivity index (χ3n) is 2.20. The van der Waals surface area contributed by atoms with E-state index >= 15 is 0 Å². The van der Waals surface area contributed by atoms with Crippen molar-refractivity contribution in [2.45, 2.75) is 12.2 Å². The Hall–Kier alpha value is -2.12. The predicted molar refractivity (Wildman–Crippen MR) is 56.4 cm³/mol. The highest BCUT2D eigenvalue weighted by Crippen LogP contribution is 2.24. The molecule has 2 unspecified atom stereocenters. The zero-order valence-electron chi connectivity index (χ0n) is 8.57. The second-order valence-corrected chi connectivity index (χ2v) is 3.38. The highest BCUT2D eigenvalue weighted by molar-refractivity contribution is 5.89. The Morgan fingerprint density at radius 1 is 1.18 bits per heavy atom. The summed E-state index contributed by atoms with van der Waals surface area (Å²) in [5.41, 5.74) is 5.24. The minimum atomic E-state index is -2.02. The first-order chi connectivity index (χ1) is 7.84. The zero-order chi connectivity index (χ0) is 13.2. The predicted octanol–water partition coefficient (Wildman–Crippen LogP) is -0.554. The van der Waals surface area contributed by atoms with Crippen LogP contribution in [0.3, 0.4) is 0 Å². The molecular formula is C10H11NO6. The van der Waals surface area contributed by atoms with E-state index in [1.807, 2.05) is 0 Å². The molecule has 0 heterocycles. The number of hydrogen-bond acceptors (Lipinski definition) is 5. The lowest BCUT2D eigenvalue weighted by molar-refractivity contribution is -0.153. The summed E-state index contributed by atoms with van der Waals surface area (Å²) in [7, 11) is 0. The molecule has 1 rings (SSSR count). The van der Waals surface area contributed by atoms with Gasteiger partial charge in [0.05, 0.1) is 5.56 Å². The summed E-state index contributed by atoms with van der Waals surface area (Å²) in [6, 6.07) is 3.40. The molecule has 0 saturated heterocycles. The largest absolute Gasteiger partial charge is 0.479 e. The number of carbonyl (C=O) groups is 2. The summed E-state index contributed by atoms with van der Waals surface area (Å²) in [6.07, 6.45) is -3.73. The van der Waals surface area contributed by atoms with Gasteiger partial charge in [0.1, 0.15) is 6.10 Å². The van der Waals surface area contributed by atoms with Gasteiger partial charge in [-0.1, -0.05) is 6.07 Å². The first-order valence-electron chi connectivity index (χ1n) is 4.56. The van der Waals surface area contributed by atoms with Crippen molar-refractivity contribution in [2.75, 3.05) is 5.73 Å². The number of nitrogens with two attached hydrogens (primary N) is 1. The molecule has 0 radical (unpaired) electrons. The van der Waals surface area contributed by atoms with Gasteiger partial charge in [-0.05, 0) is 12.1 Å². The van der Waals surface area contributed by atoms with Crippen LogP contribution in [0.2, 0.25) is 0 Å². The van der Waals surface area contributed by atoms with Crippen molar-refractivity contribution in [1.82, 2.24) is 0 Å². The van der Waals surface area contributed by atoms with Gasteiger partial charge in [0.15, 0.2) is 6.10 Å². The van der Waals surface area contributed by atoms with Gasteiger partial charge in [-0.2, -0.15) is 0 Å². The number of rotatable bonds is 4. The zero-order valence-corrected chi connectivity index (χ0v) is 8.57. The molecule has 0 bridgehead atoms. The topological polar surface area (TPSA) is 141 Å². The Balaban J connectivity index is 3.08. The molecule has 7 nitrogen and oxygen atoms in total. The number of carboxylic acid groups (broad SMARTS) is 2. The maximum Gasteiger partial charge on any atom is 0.335 e. The highest BCUT2D eigenvalue weighted by atomic mass is 16.4. The molecule has 0 aliphatic carbocycles. The van der Waals surface area contributed by atoms with Crippen LogP contribution >= 0.6 is 0 Å². The van der Waals surface area contributed by atoms with E-state index in [0.717, 1.165) is 18.2 Å². The first-order valence-corrected chi connectivity index (χ1v) is 4.56. The van der Waals surface area contributed by atoms with E-state index in [1.54, 1.807) is 0 Å². The fourth-order valence-corrected chi connectivity index (χ4v) is 1.28. The molecule has 0 aliphatic rings. The van der Waals surface area contributed by atoms with Crippen molar-refractivity contribution in [1.29, 1.82) is 0 Å². The SMILES string of the molecule is Nc1cc(C(=O)O)ccc1C(O)C(O)C(=O)O. The van der Waals surface area contributed by atoms with E-state index in [2.05, 4.69) is 0 Å². The van der Waals surface area contributed by atoms with Crippen molar-refractivity contribution in [3.63, 3.8) is 0 Å². The lowest BCUT2D eigenvalue weighted by Crippen LogP contribution is -2.28. The molecule has 0 saturated carbocycles. The summed E-state index contributed by atoms with van der Waals surface area (Å²) in [5, 5.41) is 35.8. The molecule has 0 fully saturated rings. The van der Waals surface area contributed by atoms with Crippen molar-refractivity contribution in [3.8, 4) is 0 Å². The van der Waals surface area contributed by atoms with Crippen LogP contribution in [0.1, 0.15) is 22.0 Å². The average molecular weight is 241 g/mol. The minimum absolute atomic E-state index is 0.0371. The smallest absolute Gasteiger partial charge is 0.335 e. The Morgan fingerprint density at radius 2 is 1.76 bits per heavy atom. The number of aromatic carboxylic acids is 1. The quantitative estimate of drug-likeness (QED) is 0.445. The van der Waals surface area contributed by atoms with Crippen LogP contribution in [0.15, 0.2) is 18.2 Å². The number of aliphatic hydroxyl groups excluding tert-OH is 2. The van der Waals surface area contributed by atoms with Gasteiger partial charge in [0.2, 0.25) is 0 Å². The lowest BCUT2D eigenvalue weighted by atomic mass is 10.0. The first kappa shape index (κ1) is 12.9. The van der Waals surface area contributed by atoms with Crippen LogP contribution in [-0.2, 0) is 4.79 Å². The van der Waals surface area contributed by atoms with Crippen LogP contribution in [0.25, 0.3) is 0 Å². The molecular weight excluding hydrogens is 230 g/mol. The van der Waals surface area contributed by atoms with Crippen LogP contribution in [0.4, 0.5) is 5.69 Å². The van der Waals surface area contributed by atoms with E-state index in [0.29, 0.717) is 0 Å². The van der Waals surface area contributed by atoms with Crippen molar-refractivity contribution >= 4 is 17.6 Å². The van der Waals surface area contributed by atoms with E-state index in [-0.39, 0.29) is 16.8 Å². The summed E-state index contributed by atoms with van der Waals surface area (Å²) in [6.45, 7) is 0. The summed E-state index contributed by atoms with van der Waals surface area (Å²) in [4.78, 5) is 21.1. The number of carboxylic acids is 2. The third-order valence-corrected chi connectivity index (χ3v) is 2.20. The second kappa shape index (κ2) is 4.81. The van der Waals surface area contributed by atoms with Crippen molar-refractivity contribution < 1.29 is 30.0 Å². The fourth-order valence-electron chi connectivity index (χ4n) is 1.28. The number of aliphatic carboxylic acids is 1. The second-order valence-electron chi connectivity index (χ2n) is 3.38. The molecule has 2 atom stereocenters. The van der Waals surface area contributed by atoms with Crippen molar-refractivity contribution in [3.05, 3.63) is 29.3 Å². The van der Waals surface area contributed by atoms with Gasteiger partial charge in [-0.3, -0.25) is 0 Å². The normalized spacial score (nSPS) is 14.0. The van der Waals surface area contributed by atoms with Gasteiger partial charge in [0, 0.05) is 11.3 Å². The van der Waals surface area contributed by atoms with Gasteiger partial charge in [0.25, 0.3) is 0 Å². The lowest BCUT2D eigenvalue weighted by Gasteiger charge is -2.16. The van der Waals surface area contributed by atoms with Crippen LogP contribution in [0, 0.1) is 0 Å². The monoisotopic (exact) mass is 241 g/mol. The highest BCUT2D eigenvalue weighted by Gasteiger charge is 2.26. The molecule has 6 N–H and O–H groups in total. The van der Waals surface area contributed by atoms with Gasteiger partial charge in [-0.15, -0.1) is 0 Å². The van der Waals surface area contributed by atoms with Crippen LogP contribution in [-0.4, -0.2) is 38.5 Å². The molecule has 7 heteroatoms. The summed E-state index contributed by atoms with van der Waals surface area (Å²) in [5.74, 6) is -2.80. The molecule has 0 amide bonds. The molecule has 1 aromatic carbocycles. The standard InChI is InChI=1S/C10H11NO6/c11-6-3-4(9(14)15)1-2-5(6)7(12)8(13)10(16)17/h1-3,7-8,12-13H,11H2,(H,14,15)(H,16,17). The molecule has 92 valence electrons. The molecule has 0 aliphatic heterocycles. The minimum Gasteiger partial charge on any atom is -0.479 e. The van der Waals surface area contributed by atoms with Gasteiger partial charge < -0.3 is 26.2 Å². The summed E-state index contributed by atoms with van der Waals surface area (Å²) < 4.78 is 0. The molecule has 1 aromatic rings. The number of benzene rings is 1. The van der Waals surface area contributed by atoms with E-state index in [1.165, 1.54) is 0 Å². The maximum atomic E-state index is 10.6. The van der Waals surface area contributed by atoms with Crippen molar-refractivity contribution in [2.24, 2.45) is 0 Å². The fraction of sp³-hybridized carbons (Fsp3) is 0.200. The van der Waals surface area contributed by atoms with Crippen LogP contribution < -0.4 is 5.73 Å². The number of hydrogen-bond donors (Lipinski definition) is 5.